The first-order chi connectivity index (χ1) is 8.75. The molecule has 18 heavy (non-hydrogen) atoms. The number of carbonyl (C=O) groups excluding carboxylic acids is 1. The summed E-state index contributed by atoms with van der Waals surface area (Å²) in [5.41, 5.74) is 2.33. The van der Waals surface area contributed by atoms with E-state index < -0.39 is 12.1 Å². The van der Waals surface area contributed by atoms with Gasteiger partial charge in [0.05, 0.1) is 18.9 Å². The molecule has 6 nitrogen and oxygen atoms in total. The van der Waals surface area contributed by atoms with Crippen LogP contribution in [-0.2, 0) is 4.84 Å². The Morgan fingerprint density at radius 2 is 2.33 bits per heavy atom. The van der Waals surface area contributed by atoms with Crippen molar-refractivity contribution in [3.63, 3.8) is 0 Å². The highest BCUT2D eigenvalue weighted by molar-refractivity contribution is 5.72. The SMILES string of the molecule is O=C(NCC(O)c1ccco1)NOC1CCCC1. The first kappa shape index (κ1) is 12.9. The third-order valence-corrected chi connectivity index (χ3v) is 2.95. The quantitative estimate of drug-likeness (QED) is 0.695. The Kier molecular flexibility index (Phi) is 4.60. The van der Waals surface area contributed by atoms with Gasteiger partial charge in [0.25, 0.3) is 0 Å². The lowest BCUT2D eigenvalue weighted by atomic mass is 10.3. The number of hydrogen-bond donors (Lipinski definition) is 3. The lowest BCUT2D eigenvalue weighted by Crippen LogP contribution is -2.39. The van der Waals surface area contributed by atoms with Gasteiger partial charge in [0.2, 0.25) is 0 Å². The van der Waals surface area contributed by atoms with Gasteiger partial charge in [-0.3, -0.25) is 4.84 Å². The predicted octanol–water partition coefficient (Wildman–Crippen LogP) is 1.49. The Balaban J connectivity index is 1.62. The van der Waals surface area contributed by atoms with Gasteiger partial charge in [-0.1, -0.05) is 12.8 Å². The summed E-state index contributed by atoms with van der Waals surface area (Å²) in [6.07, 6.45) is 4.99. The number of hydrogen-bond acceptors (Lipinski definition) is 4. The van der Waals surface area contributed by atoms with Crippen LogP contribution in [0.2, 0.25) is 0 Å². The number of aliphatic hydroxyl groups is 1. The third-order valence-electron chi connectivity index (χ3n) is 2.95. The van der Waals surface area contributed by atoms with E-state index in [9.17, 15) is 9.90 Å². The van der Waals surface area contributed by atoms with Crippen LogP contribution in [0.4, 0.5) is 4.79 Å². The van der Waals surface area contributed by atoms with Crippen LogP contribution in [0.1, 0.15) is 37.5 Å². The number of aliphatic hydroxyl groups excluding tert-OH is 1. The van der Waals surface area contributed by atoms with Crippen molar-refractivity contribution < 1.29 is 19.2 Å². The van der Waals surface area contributed by atoms with Crippen molar-refractivity contribution in [2.24, 2.45) is 0 Å². The molecule has 1 fully saturated rings. The zero-order valence-electron chi connectivity index (χ0n) is 10.1. The number of hydroxylamine groups is 1. The van der Waals surface area contributed by atoms with E-state index >= 15 is 0 Å². The monoisotopic (exact) mass is 254 g/mol. The Morgan fingerprint density at radius 3 is 3.00 bits per heavy atom. The summed E-state index contributed by atoms with van der Waals surface area (Å²) in [6, 6.07) is 2.88. The van der Waals surface area contributed by atoms with E-state index in [1.807, 2.05) is 0 Å². The largest absolute Gasteiger partial charge is 0.467 e. The zero-order chi connectivity index (χ0) is 12.8. The van der Waals surface area contributed by atoms with Crippen LogP contribution in [0.3, 0.4) is 0 Å². The summed E-state index contributed by atoms with van der Waals surface area (Å²) >= 11 is 0. The molecule has 2 rings (SSSR count). The van der Waals surface area contributed by atoms with Gasteiger partial charge in [0, 0.05) is 0 Å². The molecule has 1 saturated carbocycles. The molecule has 6 heteroatoms. The number of amides is 2. The van der Waals surface area contributed by atoms with Gasteiger partial charge in [0.15, 0.2) is 0 Å². The summed E-state index contributed by atoms with van der Waals surface area (Å²) < 4.78 is 5.02. The van der Waals surface area contributed by atoms with Gasteiger partial charge >= 0.3 is 6.03 Å². The molecule has 0 aliphatic heterocycles. The molecule has 1 unspecified atom stereocenters. The first-order valence-electron chi connectivity index (χ1n) is 6.16. The van der Waals surface area contributed by atoms with E-state index in [1.54, 1.807) is 12.1 Å². The Labute approximate surface area is 105 Å². The van der Waals surface area contributed by atoms with E-state index in [-0.39, 0.29) is 12.6 Å². The summed E-state index contributed by atoms with van der Waals surface area (Å²) in [4.78, 5) is 16.6. The molecular formula is C12H18N2O4. The second kappa shape index (κ2) is 6.42. The highest BCUT2D eigenvalue weighted by atomic mass is 16.7. The highest BCUT2D eigenvalue weighted by Crippen LogP contribution is 2.19. The fraction of sp³-hybridized carbons (Fsp3) is 0.583. The number of carbonyl (C=O) groups is 1. The maximum atomic E-state index is 11.4. The lowest BCUT2D eigenvalue weighted by molar-refractivity contribution is -0.000548. The molecular weight excluding hydrogens is 236 g/mol. The molecule has 1 heterocycles. The molecule has 0 radical (unpaired) electrons. The van der Waals surface area contributed by atoms with Crippen molar-refractivity contribution in [2.75, 3.05) is 6.54 Å². The van der Waals surface area contributed by atoms with Crippen molar-refractivity contribution >= 4 is 6.03 Å². The van der Waals surface area contributed by atoms with E-state index in [2.05, 4.69) is 10.8 Å². The minimum atomic E-state index is -0.850. The fourth-order valence-electron chi connectivity index (χ4n) is 1.95. The van der Waals surface area contributed by atoms with Gasteiger partial charge in [-0.25, -0.2) is 10.3 Å². The van der Waals surface area contributed by atoms with Crippen molar-refractivity contribution in [3.05, 3.63) is 24.2 Å². The molecule has 0 bridgehead atoms. The van der Waals surface area contributed by atoms with E-state index in [1.165, 1.54) is 6.26 Å². The van der Waals surface area contributed by atoms with Crippen molar-refractivity contribution in [1.82, 2.24) is 10.8 Å². The molecule has 0 aromatic carbocycles. The average Bonchev–Trinajstić information content (AvgIpc) is 3.05. The molecule has 1 atom stereocenters. The number of furan rings is 1. The van der Waals surface area contributed by atoms with Gasteiger partial charge in [-0.15, -0.1) is 0 Å². The normalized spacial score (nSPS) is 17.6. The minimum Gasteiger partial charge on any atom is -0.467 e. The van der Waals surface area contributed by atoms with Crippen molar-refractivity contribution in [1.29, 1.82) is 0 Å². The molecule has 1 aromatic heterocycles. The fourth-order valence-corrected chi connectivity index (χ4v) is 1.95. The lowest BCUT2D eigenvalue weighted by Gasteiger charge is -2.13. The summed E-state index contributed by atoms with van der Waals surface area (Å²) in [5.74, 6) is 0.423. The number of rotatable bonds is 5. The van der Waals surface area contributed by atoms with Crippen LogP contribution >= 0.6 is 0 Å². The highest BCUT2D eigenvalue weighted by Gasteiger charge is 2.17. The van der Waals surface area contributed by atoms with Crippen LogP contribution in [0.5, 0.6) is 0 Å². The van der Waals surface area contributed by atoms with Crippen LogP contribution in [0.15, 0.2) is 22.8 Å². The van der Waals surface area contributed by atoms with Gasteiger partial charge in [-0.2, -0.15) is 0 Å². The smallest absolute Gasteiger partial charge is 0.338 e. The second-order valence-electron chi connectivity index (χ2n) is 4.37. The average molecular weight is 254 g/mol. The first-order valence-corrected chi connectivity index (χ1v) is 6.16. The molecule has 0 saturated heterocycles. The van der Waals surface area contributed by atoms with Gasteiger partial charge in [0.1, 0.15) is 11.9 Å². The third kappa shape index (κ3) is 3.75. The molecule has 3 N–H and O–H groups in total. The number of urea groups is 1. The summed E-state index contributed by atoms with van der Waals surface area (Å²) in [5, 5.41) is 12.2. The Morgan fingerprint density at radius 1 is 1.56 bits per heavy atom. The van der Waals surface area contributed by atoms with Crippen LogP contribution < -0.4 is 10.8 Å². The maximum absolute atomic E-state index is 11.4. The molecule has 1 aliphatic rings. The molecule has 0 spiro atoms. The van der Waals surface area contributed by atoms with Crippen molar-refractivity contribution in [2.45, 2.75) is 37.9 Å². The molecule has 1 aliphatic carbocycles. The predicted molar refractivity (Wildman–Crippen MR) is 63.5 cm³/mol. The van der Waals surface area contributed by atoms with Gasteiger partial charge < -0.3 is 14.8 Å². The van der Waals surface area contributed by atoms with E-state index in [0.29, 0.717) is 5.76 Å². The standard InChI is InChI=1S/C12H18N2O4/c15-10(11-6-3-7-17-11)8-13-12(16)14-18-9-4-1-2-5-9/h3,6-7,9-10,15H,1-2,4-5,8H2,(H2,13,14,16). The summed E-state index contributed by atoms with van der Waals surface area (Å²) in [6.45, 7) is 0.0768. The van der Waals surface area contributed by atoms with Crippen LogP contribution in [0.25, 0.3) is 0 Å². The molecule has 100 valence electrons. The second-order valence-corrected chi connectivity index (χ2v) is 4.37. The van der Waals surface area contributed by atoms with E-state index in [4.69, 9.17) is 9.25 Å². The Hall–Kier alpha value is -1.53. The zero-order valence-corrected chi connectivity index (χ0v) is 10.1. The summed E-state index contributed by atoms with van der Waals surface area (Å²) in [7, 11) is 0. The molecule has 1 aromatic rings. The topological polar surface area (TPSA) is 83.7 Å². The maximum Gasteiger partial charge on any atom is 0.338 e. The van der Waals surface area contributed by atoms with Gasteiger partial charge in [-0.05, 0) is 25.0 Å². The number of nitrogens with one attached hydrogen (secondary N) is 2. The Bertz CT molecular complexity index is 360. The van der Waals surface area contributed by atoms with Crippen molar-refractivity contribution in [3.8, 4) is 0 Å². The van der Waals surface area contributed by atoms with Crippen LogP contribution in [-0.4, -0.2) is 23.8 Å². The van der Waals surface area contributed by atoms with Crippen LogP contribution in [0, 0.1) is 0 Å². The van der Waals surface area contributed by atoms with E-state index in [0.717, 1.165) is 25.7 Å². The molecule has 2 amide bonds. The minimum absolute atomic E-state index is 0.0768.